The second kappa shape index (κ2) is 16.5. The molecule has 0 spiro atoms. The molecular formula is C35H51N7O3S. The number of anilines is 1. The number of hydrogen-bond donors (Lipinski definition) is 2. The maximum atomic E-state index is 13.3. The van der Waals surface area contributed by atoms with Crippen molar-refractivity contribution in [3.05, 3.63) is 52.9 Å². The molecule has 250 valence electrons. The molecule has 5 heterocycles. The van der Waals surface area contributed by atoms with E-state index in [1.54, 1.807) is 16.2 Å². The Labute approximate surface area is 277 Å². The van der Waals surface area contributed by atoms with Crippen LogP contribution in [0.4, 0.5) is 5.82 Å². The van der Waals surface area contributed by atoms with Gasteiger partial charge in [-0.25, -0.2) is 4.98 Å². The van der Waals surface area contributed by atoms with E-state index in [1.165, 1.54) is 25.8 Å². The van der Waals surface area contributed by atoms with Gasteiger partial charge in [-0.05, 0) is 69.7 Å². The third-order valence-electron chi connectivity index (χ3n) is 9.20. The van der Waals surface area contributed by atoms with Crippen LogP contribution in [0.15, 0.2) is 40.4 Å². The van der Waals surface area contributed by atoms with Crippen molar-refractivity contribution in [2.45, 2.75) is 78.3 Å². The number of piperazine rings is 1. The Morgan fingerprint density at radius 1 is 1.07 bits per heavy atom. The maximum absolute atomic E-state index is 13.3. The summed E-state index contributed by atoms with van der Waals surface area (Å²) in [5.74, 6) is 1.94. The molecule has 0 saturated carbocycles. The Morgan fingerprint density at radius 3 is 2.46 bits per heavy atom. The number of amides is 2. The van der Waals surface area contributed by atoms with Crippen LogP contribution in [0.5, 0.6) is 0 Å². The third kappa shape index (κ3) is 8.74. The molecule has 3 fully saturated rings. The Bertz CT molecular complexity index is 1390. The van der Waals surface area contributed by atoms with E-state index in [1.807, 2.05) is 37.6 Å². The molecule has 3 aromatic rings. The van der Waals surface area contributed by atoms with Crippen molar-refractivity contribution in [1.82, 2.24) is 30.6 Å². The second-order valence-corrected chi connectivity index (χ2v) is 13.7. The monoisotopic (exact) mass is 649 g/mol. The lowest BCUT2D eigenvalue weighted by molar-refractivity contribution is -0.138. The van der Waals surface area contributed by atoms with Crippen LogP contribution in [0.1, 0.15) is 75.9 Å². The van der Waals surface area contributed by atoms with Crippen molar-refractivity contribution >= 4 is 29.0 Å². The number of rotatable bonds is 9. The van der Waals surface area contributed by atoms with Gasteiger partial charge in [-0.2, -0.15) is 0 Å². The highest BCUT2D eigenvalue weighted by molar-refractivity contribution is 7.13. The van der Waals surface area contributed by atoms with Crippen molar-refractivity contribution in [1.29, 1.82) is 0 Å². The summed E-state index contributed by atoms with van der Waals surface area (Å²) < 4.78 is 5.59. The number of likely N-dealkylation sites (tertiary alicyclic amines) is 1. The summed E-state index contributed by atoms with van der Waals surface area (Å²) in [6.07, 6.45) is 5.37. The summed E-state index contributed by atoms with van der Waals surface area (Å²) in [4.78, 5) is 38.6. The second-order valence-electron chi connectivity index (χ2n) is 12.9. The number of nitrogens with zero attached hydrogens (tertiary/aromatic N) is 5. The molecule has 2 unspecified atom stereocenters. The molecule has 3 saturated heterocycles. The molecule has 0 aliphatic carbocycles. The number of nitrogens with one attached hydrogen (secondary N) is 2. The van der Waals surface area contributed by atoms with Gasteiger partial charge in [-0.1, -0.05) is 49.7 Å². The molecule has 0 bridgehead atoms. The Morgan fingerprint density at radius 2 is 1.78 bits per heavy atom. The predicted molar refractivity (Wildman–Crippen MR) is 184 cm³/mol. The first kappa shape index (κ1) is 34.1. The highest BCUT2D eigenvalue weighted by atomic mass is 32.1. The normalized spacial score (nSPS) is 19.9. The van der Waals surface area contributed by atoms with Crippen LogP contribution in [-0.2, 0) is 16.0 Å². The molecule has 46 heavy (non-hydrogen) atoms. The van der Waals surface area contributed by atoms with Gasteiger partial charge in [0.2, 0.25) is 11.8 Å². The van der Waals surface area contributed by atoms with Crippen molar-refractivity contribution in [3.63, 3.8) is 0 Å². The van der Waals surface area contributed by atoms with Crippen molar-refractivity contribution in [2.24, 2.45) is 5.92 Å². The largest absolute Gasteiger partial charge is 0.359 e. The van der Waals surface area contributed by atoms with Gasteiger partial charge in [0.15, 0.2) is 5.82 Å². The minimum absolute atomic E-state index is 0.0934. The highest BCUT2D eigenvalue weighted by Gasteiger charge is 2.35. The number of benzene rings is 1. The number of carbonyl (C=O) groups is 2. The summed E-state index contributed by atoms with van der Waals surface area (Å²) in [6, 6.07) is 9.50. The van der Waals surface area contributed by atoms with Crippen LogP contribution in [0.2, 0.25) is 0 Å². The van der Waals surface area contributed by atoms with Gasteiger partial charge >= 0.3 is 0 Å². The number of carbonyl (C=O) groups excluding carboxylic acids is 2. The first-order chi connectivity index (χ1) is 22.4. The minimum atomic E-state index is -0.468. The standard InChI is InChI=1S/C32H43N7O3S.C3H8/c1-22(25-5-7-26(8-6-25)31-23(2)34-21-43-31)35-32(41)28-4-3-13-39(28)30(40)19-27-18-29(36-42-27)38-16-14-37(15-17-38)20-24-9-11-33-12-10-24;1-3-2/h5-8,18,21-22,24,28,33H,3-4,9-17,19-20H2,1-2H3,(H,35,41);3H2,1-2H3. The molecular weight excluding hydrogens is 598 g/mol. The van der Waals surface area contributed by atoms with E-state index >= 15 is 0 Å². The van der Waals surface area contributed by atoms with Crippen LogP contribution in [0.3, 0.4) is 0 Å². The molecule has 2 N–H and O–H groups in total. The Balaban J connectivity index is 0.00000134. The SMILES string of the molecule is CCC.Cc1ncsc1-c1ccc(C(C)NC(=O)C2CCCN2C(=O)Cc2cc(N3CCN(CC4CCNCC4)CC3)no2)cc1. The van der Waals surface area contributed by atoms with Crippen molar-refractivity contribution in [3.8, 4) is 10.4 Å². The molecule has 3 aliphatic heterocycles. The summed E-state index contributed by atoms with van der Waals surface area (Å²) in [7, 11) is 0. The van der Waals surface area contributed by atoms with Gasteiger partial charge in [0.25, 0.3) is 0 Å². The summed E-state index contributed by atoms with van der Waals surface area (Å²) in [5.41, 5.74) is 5.03. The highest BCUT2D eigenvalue weighted by Crippen LogP contribution is 2.29. The fraction of sp³-hybridized carbons (Fsp3) is 0.600. The van der Waals surface area contributed by atoms with Crippen LogP contribution in [-0.4, -0.2) is 90.2 Å². The smallest absolute Gasteiger partial charge is 0.243 e. The minimum Gasteiger partial charge on any atom is -0.359 e. The average Bonchev–Trinajstić information content (AvgIpc) is 3.84. The quantitative estimate of drug-likeness (QED) is 0.332. The van der Waals surface area contributed by atoms with Crippen LogP contribution < -0.4 is 15.5 Å². The van der Waals surface area contributed by atoms with Crippen LogP contribution >= 0.6 is 11.3 Å². The maximum Gasteiger partial charge on any atom is 0.243 e. The van der Waals surface area contributed by atoms with E-state index in [4.69, 9.17) is 4.52 Å². The lowest BCUT2D eigenvalue weighted by Crippen LogP contribution is -2.48. The number of aromatic nitrogens is 2. The molecule has 10 nitrogen and oxygen atoms in total. The number of aryl methyl sites for hydroxylation is 1. The van der Waals surface area contributed by atoms with E-state index in [0.717, 1.165) is 79.1 Å². The molecule has 2 atom stereocenters. The Kier molecular flexibility index (Phi) is 12.2. The zero-order valence-electron chi connectivity index (χ0n) is 28.0. The third-order valence-corrected chi connectivity index (χ3v) is 10.2. The van der Waals surface area contributed by atoms with Gasteiger partial charge in [0.05, 0.1) is 28.5 Å². The van der Waals surface area contributed by atoms with E-state index in [-0.39, 0.29) is 24.3 Å². The van der Waals surface area contributed by atoms with E-state index in [9.17, 15) is 9.59 Å². The van der Waals surface area contributed by atoms with Gasteiger partial charge in [0, 0.05) is 45.3 Å². The molecule has 11 heteroatoms. The lowest BCUT2D eigenvalue weighted by atomic mass is 9.97. The zero-order valence-corrected chi connectivity index (χ0v) is 28.8. The van der Waals surface area contributed by atoms with Crippen molar-refractivity contribution < 1.29 is 14.1 Å². The number of piperidine rings is 1. The Hall–Kier alpha value is -3.28. The zero-order chi connectivity index (χ0) is 32.5. The molecule has 1 aromatic carbocycles. The lowest BCUT2D eigenvalue weighted by Gasteiger charge is -2.37. The topological polar surface area (TPSA) is 107 Å². The summed E-state index contributed by atoms with van der Waals surface area (Å²) >= 11 is 1.63. The molecule has 3 aliphatic rings. The molecule has 2 aromatic heterocycles. The van der Waals surface area contributed by atoms with Gasteiger partial charge in [-0.15, -0.1) is 11.3 Å². The summed E-state index contributed by atoms with van der Waals surface area (Å²) in [6.45, 7) is 16.1. The number of thiazole rings is 1. The predicted octanol–water partition coefficient (Wildman–Crippen LogP) is 5.06. The van der Waals surface area contributed by atoms with Gasteiger partial charge in [0.1, 0.15) is 11.8 Å². The molecule has 0 radical (unpaired) electrons. The molecule has 6 rings (SSSR count). The van der Waals surface area contributed by atoms with E-state index < -0.39 is 6.04 Å². The fourth-order valence-corrected chi connectivity index (χ4v) is 7.42. The summed E-state index contributed by atoms with van der Waals surface area (Å²) in [5, 5.41) is 10.9. The first-order valence-corrected chi connectivity index (χ1v) is 18.0. The first-order valence-electron chi connectivity index (χ1n) is 17.1. The van der Waals surface area contributed by atoms with Gasteiger partial charge in [-0.3, -0.25) is 14.5 Å². The number of hydrogen-bond acceptors (Lipinski definition) is 9. The van der Waals surface area contributed by atoms with Crippen molar-refractivity contribution in [2.75, 3.05) is 57.3 Å². The average molecular weight is 650 g/mol. The van der Waals surface area contributed by atoms with E-state index in [0.29, 0.717) is 18.7 Å². The van der Waals surface area contributed by atoms with Crippen LogP contribution in [0, 0.1) is 12.8 Å². The molecule has 2 amide bonds. The van der Waals surface area contributed by atoms with Gasteiger partial charge < -0.3 is 25.0 Å². The van der Waals surface area contributed by atoms with Crippen LogP contribution in [0.25, 0.3) is 10.4 Å². The fourth-order valence-electron chi connectivity index (χ4n) is 6.61. The van der Waals surface area contributed by atoms with E-state index in [2.05, 4.69) is 56.6 Å².